The second-order valence-corrected chi connectivity index (χ2v) is 6.77. The second-order valence-electron chi connectivity index (χ2n) is 6.77. The standard InChI is InChI=1S/C19H20F3N5.ClH/c1-26-16-5-4-14(19(20,21)22)9-15(16)25-18(26)12-27-8-7-24-11-17(27)13-3-2-6-23-10-13;/h2-6,9-10,17,24H,7-8,11-12H2,1H3;1H. The lowest BCUT2D eigenvalue weighted by Crippen LogP contribution is -2.45. The van der Waals surface area contributed by atoms with Gasteiger partial charge in [-0.3, -0.25) is 9.88 Å². The van der Waals surface area contributed by atoms with Gasteiger partial charge in [0.05, 0.1) is 23.1 Å². The van der Waals surface area contributed by atoms with E-state index in [0.29, 0.717) is 17.6 Å². The maximum atomic E-state index is 13.0. The number of alkyl halides is 3. The Kier molecular flexibility index (Phi) is 5.92. The minimum atomic E-state index is -4.37. The molecule has 1 aromatic carbocycles. The van der Waals surface area contributed by atoms with E-state index >= 15 is 0 Å². The third-order valence-electron chi connectivity index (χ3n) is 5.07. The molecule has 0 radical (unpaired) electrons. The first-order valence-corrected chi connectivity index (χ1v) is 8.81. The highest BCUT2D eigenvalue weighted by Crippen LogP contribution is 2.32. The molecule has 1 fully saturated rings. The summed E-state index contributed by atoms with van der Waals surface area (Å²) in [5, 5.41) is 3.39. The quantitative estimate of drug-likeness (QED) is 0.716. The summed E-state index contributed by atoms with van der Waals surface area (Å²) in [4.78, 5) is 11.0. The summed E-state index contributed by atoms with van der Waals surface area (Å²) in [5.74, 6) is 0.750. The van der Waals surface area contributed by atoms with Crippen LogP contribution in [0.25, 0.3) is 11.0 Å². The lowest BCUT2D eigenvalue weighted by molar-refractivity contribution is -0.137. The summed E-state index contributed by atoms with van der Waals surface area (Å²) in [5.41, 5.74) is 1.51. The monoisotopic (exact) mass is 411 g/mol. The van der Waals surface area contributed by atoms with Gasteiger partial charge in [0.2, 0.25) is 0 Å². The number of halogens is 4. The molecule has 4 rings (SSSR count). The summed E-state index contributed by atoms with van der Waals surface area (Å²) >= 11 is 0. The van der Waals surface area contributed by atoms with Crippen LogP contribution in [-0.4, -0.2) is 39.1 Å². The van der Waals surface area contributed by atoms with E-state index in [4.69, 9.17) is 0 Å². The zero-order chi connectivity index (χ0) is 19.0. The van der Waals surface area contributed by atoms with Gasteiger partial charge in [0, 0.05) is 45.1 Å². The minimum absolute atomic E-state index is 0. The number of fused-ring (bicyclic) bond motifs is 1. The molecule has 1 saturated heterocycles. The van der Waals surface area contributed by atoms with Crippen LogP contribution < -0.4 is 5.32 Å². The van der Waals surface area contributed by atoms with Gasteiger partial charge in [-0.05, 0) is 29.8 Å². The van der Waals surface area contributed by atoms with Gasteiger partial charge >= 0.3 is 6.18 Å². The van der Waals surface area contributed by atoms with Gasteiger partial charge < -0.3 is 9.88 Å². The van der Waals surface area contributed by atoms with Crippen LogP contribution in [0.5, 0.6) is 0 Å². The Bertz CT molecular complexity index is 942. The van der Waals surface area contributed by atoms with E-state index in [9.17, 15) is 13.2 Å². The van der Waals surface area contributed by atoms with Crippen LogP contribution in [0.2, 0.25) is 0 Å². The zero-order valence-electron chi connectivity index (χ0n) is 15.3. The number of aromatic nitrogens is 3. The third-order valence-corrected chi connectivity index (χ3v) is 5.07. The van der Waals surface area contributed by atoms with Gasteiger partial charge in [-0.1, -0.05) is 6.07 Å². The number of nitrogens with zero attached hydrogens (tertiary/aromatic N) is 4. The van der Waals surface area contributed by atoms with Crippen LogP contribution in [-0.2, 0) is 19.8 Å². The van der Waals surface area contributed by atoms with Crippen LogP contribution in [0.1, 0.15) is 23.0 Å². The Morgan fingerprint density at radius 3 is 2.79 bits per heavy atom. The molecule has 0 aliphatic carbocycles. The molecule has 9 heteroatoms. The van der Waals surface area contributed by atoms with Crippen LogP contribution in [0.4, 0.5) is 13.2 Å². The van der Waals surface area contributed by atoms with Gasteiger partial charge in [-0.15, -0.1) is 12.4 Å². The molecule has 1 aliphatic rings. The molecule has 1 aliphatic heterocycles. The molecule has 2 aromatic heterocycles. The third kappa shape index (κ3) is 3.99. The Labute approximate surface area is 167 Å². The van der Waals surface area contributed by atoms with Crippen molar-refractivity contribution in [1.29, 1.82) is 0 Å². The van der Waals surface area contributed by atoms with E-state index in [1.165, 1.54) is 6.07 Å². The molecule has 0 spiro atoms. The minimum Gasteiger partial charge on any atom is -0.330 e. The Hall–Kier alpha value is -2.16. The van der Waals surface area contributed by atoms with E-state index in [1.54, 1.807) is 6.20 Å². The molecule has 0 bridgehead atoms. The van der Waals surface area contributed by atoms with Crippen molar-refractivity contribution in [2.75, 3.05) is 19.6 Å². The summed E-state index contributed by atoms with van der Waals surface area (Å²) in [7, 11) is 1.85. The number of hydrogen-bond donors (Lipinski definition) is 1. The van der Waals surface area contributed by atoms with E-state index in [-0.39, 0.29) is 18.4 Å². The molecular weight excluding hydrogens is 391 g/mol. The van der Waals surface area contributed by atoms with E-state index in [2.05, 4.69) is 20.2 Å². The number of benzene rings is 1. The van der Waals surface area contributed by atoms with Crippen molar-refractivity contribution in [2.24, 2.45) is 7.05 Å². The largest absolute Gasteiger partial charge is 0.416 e. The second kappa shape index (κ2) is 8.06. The van der Waals surface area contributed by atoms with Crippen molar-refractivity contribution in [3.05, 3.63) is 59.7 Å². The summed E-state index contributed by atoms with van der Waals surface area (Å²) in [6.45, 7) is 3.05. The van der Waals surface area contributed by atoms with Crippen LogP contribution >= 0.6 is 12.4 Å². The SMILES string of the molecule is Cl.Cn1c(CN2CCNCC2c2cccnc2)nc2cc(C(F)(F)F)ccc21. The lowest BCUT2D eigenvalue weighted by atomic mass is 10.1. The normalized spacial score (nSPS) is 18.2. The van der Waals surface area contributed by atoms with Crippen molar-refractivity contribution >= 4 is 23.4 Å². The van der Waals surface area contributed by atoms with Gasteiger partial charge in [0.1, 0.15) is 5.82 Å². The molecule has 0 amide bonds. The summed E-state index contributed by atoms with van der Waals surface area (Å²) in [6.07, 6.45) is -0.765. The molecule has 5 nitrogen and oxygen atoms in total. The predicted molar refractivity (Wildman–Crippen MR) is 103 cm³/mol. The molecule has 0 saturated carbocycles. The van der Waals surface area contributed by atoms with Crippen LogP contribution in [0, 0.1) is 0 Å². The summed E-state index contributed by atoms with van der Waals surface area (Å²) < 4.78 is 40.8. The number of rotatable bonds is 3. The molecule has 1 N–H and O–H groups in total. The maximum absolute atomic E-state index is 13.0. The van der Waals surface area contributed by atoms with E-state index < -0.39 is 11.7 Å². The Morgan fingerprint density at radius 2 is 2.07 bits per heavy atom. The number of piperazine rings is 1. The first-order valence-electron chi connectivity index (χ1n) is 8.81. The van der Waals surface area contributed by atoms with Gasteiger partial charge in [0.15, 0.2) is 0 Å². The topological polar surface area (TPSA) is 46.0 Å². The number of hydrogen-bond acceptors (Lipinski definition) is 4. The smallest absolute Gasteiger partial charge is 0.330 e. The average Bonchev–Trinajstić information content (AvgIpc) is 2.97. The first-order chi connectivity index (χ1) is 12.9. The van der Waals surface area contributed by atoms with E-state index in [1.807, 2.05) is 29.9 Å². The highest BCUT2D eigenvalue weighted by atomic mass is 35.5. The molecule has 3 heterocycles. The number of imidazole rings is 1. The van der Waals surface area contributed by atoms with E-state index in [0.717, 1.165) is 43.2 Å². The van der Waals surface area contributed by atoms with Crippen molar-refractivity contribution in [2.45, 2.75) is 18.8 Å². The molecule has 28 heavy (non-hydrogen) atoms. The molecule has 3 aromatic rings. The fourth-order valence-electron chi connectivity index (χ4n) is 3.59. The Balaban J connectivity index is 0.00000225. The highest BCUT2D eigenvalue weighted by molar-refractivity contribution is 5.85. The van der Waals surface area contributed by atoms with Crippen molar-refractivity contribution in [3.8, 4) is 0 Å². The van der Waals surface area contributed by atoms with Crippen molar-refractivity contribution < 1.29 is 13.2 Å². The van der Waals surface area contributed by atoms with Gasteiger partial charge in [0.25, 0.3) is 0 Å². The molecule has 150 valence electrons. The van der Waals surface area contributed by atoms with Crippen LogP contribution in [0.3, 0.4) is 0 Å². The van der Waals surface area contributed by atoms with Crippen molar-refractivity contribution in [3.63, 3.8) is 0 Å². The van der Waals surface area contributed by atoms with Crippen LogP contribution in [0.15, 0.2) is 42.7 Å². The highest BCUT2D eigenvalue weighted by Gasteiger charge is 2.31. The fraction of sp³-hybridized carbons (Fsp3) is 0.368. The first kappa shape index (κ1) is 20.6. The molecule has 1 atom stereocenters. The van der Waals surface area contributed by atoms with Crippen molar-refractivity contribution in [1.82, 2.24) is 24.8 Å². The lowest BCUT2D eigenvalue weighted by Gasteiger charge is -2.36. The predicted octanol–water partition coefficient (Wildman–Crippen LogP) is 3.56. The molecular formula is C19H21ClF3N5. The van der Waals surface area contributed by atoms with Gasteiger partial charge in [-0.2, -0.15) is 13.2 Å². The zero-order valence-corrected chi connectivity index (χ0v) is 16.1. The molecule has 1 unspecified atom stereocenters. The number of nitrogens with one attached hydrogen (secondary N) is 1. The Morgan fingerprint density at radius 1 is 1.25 bits per heavy atom. The summed E-state index contributed by atoms with van der Waals surface area (Å²) in [6, 6.07) is 7.83. The number of pyridine rings is 1. The fourth-order valence-corrected chi connectivity index (χ4v) is 3.59. The average molecular weight is 412 g/mol. The maximum Gasteiger partial charge on any atom is 0.416 e. The van der Waals surface area contributed by atoms with Gasteiger partial charge in [-0.25, -0.2) is 4.98 Å². The number of aryl methyl sites for hydroxylation is 1.